The number of esters is 1. The molecule has 0 aromatic carbocycles. The molecular formula is C10H20O3. The van der Waals surface area contributed by atoms with Crippen LogP contribution in [0.4, 0.5) is 0 Å². The van der Waals surface area contributed by atoms with E-state index in [1.807, 2.05) is 20.8 Å². The third-order valence-corrected chi connectivity index (χ3v) is 1.50. The fourth-order valence-corrected chi connectivity index (χ4v) is 1.01. The van der Waals surface area contributed by atoms with Crippen molar-refractivity contribution in [1.82, 2.24) is 0 Å². The van der Waals surface area contributed by atoms with Gasteiger partial charge in [0.1, 0.15) is 5.60 Å². The molecule has 0 aromatic heterocycles. The molecule has 78 valence electrons. The maximum absolute atomic E-state index is 11.4. The number of hydrogen-bond donors (Lipinski definition) is 1. The van der Waals surface area contributed by atoms with Crippen molar-refractivity contribution in [2.75, 3.05) is 0 Å². The first-order valence-electron chi connectivity index (χ1n) is 4.63. The SMILES string of the molecule is CC(O)CC(C)C(=O)OC(C)(C)C. The van der Waals surface area contributed by atoms with Crippen LogP contribution in [0.3, 0.4) is 0 Å². The van der Waals surface area contributed by atoms with Crippen LogP contribution in [-0.4, -0.2) is 22.8 Å². The monoisotopic (exact) mass is 188 g/mol. The quantitative estimate of drug-likeness (QED) is 0.686. The van der Waals surface area contributed by atoms with E-state index in [-0.39, 0.29) is 11.9 Å². The lowest BCUT2D eigenvalue weighted by Crippen LogP contribution is -2.28. The van der Waals surface area contributed by atoms with Crippen LogP contribution in [0.15, 0.2) is 0 Å². The first-order chi connectivity index (χ1) is 5.72. The van der Waals surface area contributed by atoms with E-state index in [1.54, 1.807) is 13.8 Å². The first kappa shape index (κ1) is 12.4. The van der Waals surface area contributed by atoms with Gasteiger partial charge in [0.2, 0.25) is 0 Å². The third kappa shape index (κ3) is 6.58. The minimum absolute atomic E-state index is 0.237. The van der Waals surface area contributed by atoms with Gasteiger partial charge in [0.15, 0.2) is 0 Å². The minimum Gasteiger partial charge on any atom is -0.460 e. The zero-order valence-corrected chi connectivity index (χ0v) is 9.13. The van der Waals surface area contributed by atoms with Crippen molar-refractivity contribution in [3.8, 4) is 0 Å². The van der Waals surface area contributed by atoms with Gasteiger partial charge in [0.25, 0.3) is 0 Å². The second-order valence-corrected chi connectivity index (χ2v) is 4.52. The molecule has 2 atom stereocenters. The molecule has 3 heteroatoms. The maximum Gasteiger partial charge on any atom is 0.309 e. The average molecular weight is 188 g/mol. The highest BCUT2D eigenvalue weighted by atomic mass is 16.6. The van der Waals surface area contributed by atoms with Crippen molar-refractivity contribution in [2.45, 2.75) is 52.7 Å². The highest BCUT2D eigenvalue weighted by Crippen LogP contribution is 2.14. The molecule has 3 nitrogen and oxygen atoms in total. The molecule has 0 aromatic rings. The molecule has 0 bridgehead atoms. The molecule has 13 heavy (non-hydrogen) atoms. The summed E-state index contributed by atoms with van der Waals surface area (Å²) in [5.74, 6) is -0.479. The number of carbonyl (C=O) groups excluding carboxylic acids is 1. The third-order valence-electron chi connectivity index (χ3n) is 1.50. The van der Waals surface area contributed by atoms with Crippen LogP contribution in [0.1, 0.15) is 41.0 Å². The Hall–Kier alpha value is -0.570. The van der Waals surface area contributed by atoms with Gasteiger partial charge in [-0.3, -0.25) is 4.79 Å². The van der Waals surface area contributed by atoms with Gasteiger partial charge in [-0.2, -0.15) is 0 Å². The fraction of sp³-hybridized carbons (Fsp3) is 0.900. The molecule has 0 aliphatic heterocycles. The summed E-state index contributed by atoms with van der Waals surface area (Å²) in [6.07, 6.45) is -0.00271. The van der Waals surface area contributed by atoms with Crippen LogP contribution in [0.5, 0.6) is 0 Å². The van der Waals surface area contributed by atoms with Gasteiger partial charge in [-0.1, -0.05) is 6.92 Å². The molecule has 1 N–H and O–H groups in total. The molecule has 0 fully saturated rings. The van der Waals surface area contributed by atoms with E-state index in [9.17, 15) is 4.79 Å². The summed E-state index contributed by atoms with van der Waals surface area (Å²) in [5, 5.41) is 9.06. The summed E-state index contributed by atoms with van der Waals surface area (Å²) in [6, 6.07) is 0. The standard InChI is InChI=1S/C10H20O3/c1-7(6-8(2)11)9(12)13-10(3,4)5/h7-8,11H,6H2,1-5H3. The fourth-order valence-electron chi connectivity index (χ4n) is 1.01. The summed E-state index contributed by atoms with van der Waals surface area (Å²) in [5.41, 5.74) is -0.440. The van der Waals surface area contributed by atoms with Gasteiger partial charge >= 0.3 is 5.97 Å². The summed E-state index contributed by atoms with van der Waals surface area (Å²) in [4.78, 5) is 11.4. The van der Waals surface area contributed by atoms with Crippen LogP contribution in [0, 0.1) is 5.92 Å². The highest BCUT2D eigenvalue weighted by Gasteiger charge is 2.22. The van der Waals surface area contributed by atoms with Gasteiger partial charge in [-0.25, -0.2) is 0 Å². The van der Waals surface area contributed by atoms with Crippen molar-refractivity contribution in [2.24, 2.45) is 5.92 Å². The van der Waals surface area contributed by atoms with Crippen molar-refractivity contribution >= 4 is 5.97 Å². The Morgan fingerprint density at radius 1 is 1.38 bits per heavy atom. The van der Waals surface area contributed by atoms with Crippen LogP contribution >= 0.6 is 0 Å². The number of aliphatic hydroxyl groups excluding tert-OH is 1. The van der Waals surface area contributed by atoms with E-state index in [0.717, 1.165) is 0 Å². The molecule has 0 heterocycles. The van der Waals surface area contributed by atoms with Gasteiger partial charge in [0.05, 0.1) is 12.0 Å². The van der Waals surface area contributed by atoms with E-state index in [0.29, 0.717) is 6.42 Å². The van der Waals surface area contributed by atoms with E-state index in [1.165, 1.54) is 0 Å². The molecular weight excluding hydrogens is 168 g/mol. The Morgan fingerprint density at radius 2 is 1.85 bits per heavy atom. The molecule has 0 saturated carbocycles. The molecule has 0 saturated heterocycles. The van der Waals surface area contributed by atoms with Crippen molar-refractivity contribution in [3.63, 3.8) is 0 Å². The highest BCUT2D eigenvalue weighted by molar-refractivity contribution is 5.72. The average Bonchev–Trinajstić information content (AvgIpc) is 1.81. The normalized spacial score (nSPS) is 16.5. The van der Waals surface area contributed by atoms with E-state index in [4.69, 9.17) is 9.84 Å². The largest absolute Gasteiger partial charge is 0.460 e. The smallest absolute Gasteiger partial charge is 0.309 e. The van der Waals surface area contributed by atoms with Gasteiger partial charge in [-0.05, 0) is 34.1 Å². The molecule has 0 spiro atoms. The molecule has 0 amide bonds. The Kier molecular flexibility index (Phi) is 4.40. The molecule has 0 radical (unpaired) electrons. The lowest BCUT2D eigenvalue weighted by molar-refractivity contribution is -0.160. The van der Waals surface area contributed by atoms with Gasteiger partial charge in [0, 0.05) is 0 Å². The number of hydrogen-bond acceptors (Lipinski definition) is 3. The summed E-state index contributed by atoms with van der Waals surface area (Å²) >= 11 is 0. The number of carbonyl (C=O) groups is 1. The minimum atomic E-state index is -0.456. The van der Waals surface area contributed by atoms with Crippen LogP contribution in [-0.2, 0) is 9.53 Å². The first-order valence-corrected chi connectivity index (χ1v) is 4.63. The maximum atomic E-state index is 11.4. The van der Waals surface area contributed by atoms with E-state index in [2.05, 4.69) is 0 Å². The molecule has 0 rings (SSSR count). The molecule has 0 aliphatic rings. The predicted octanol–water partition coefficient (Wildman–Crippen LogP) is 1.74. The molecule has 0 aliphatic carbocycles. The Morgan fingerprint density at radius 3 is 2.15 bits per heavy atom. The van der Waals surface area contributed by atoms with Crippen molar-refractivity contribution in [1.29, 1.82) is 0 Å². The van der Waals surface area contributed by atoms with Gasteiger partial charge < -0.3 is 9.84 Å². The number of rotatable bonds is 3. The topological polar surface area (TPSA) is 46.5 Å². The lowest BCUT2D eigenvalue weighted by atomic mass is 10.0. The van der Waals surface area contributed by atoms with E-state index < -0.39 is 11.7 Å². The zero-order valence-electron chi connectivity index (χ0n) is 9.13. The van der Waals surface area contributed by atoms with Crippen LogP contribution in [0.2, 0.25) is 0 Å². The van der Waals surface area contributed by atoms with Gasteiger partial charge in [-0.15, -0.1) is 0 Å². The number of aliphatic hydroxyl groups is 1. The predicted molar refractivity (Wildman–Crippen MR) is 51.3 cm³/mol. The van der Waals surface area contributed by atoms with Crippen LogP contribution < -0.4 is 0 Å². The lowest BCUT2D eigenvalue weighted by Gasteiger charge is -2.22. The van der Waals surface area contributed by atoms with Crippen molar-refractivity contribution < 1.29 is 14.6 Å². The van der Waals surface area contributed by atoms with Crippen LogP contribution in [0.25, 0.3) is 0 Å². The Balaban J connectivity index is 3.97. The summed E-state index contributed by atoms with van der Waals surface area (Å²) < 4.78 is 5.15. The Labute approximate surface area is 80.1 Å². The zero-order chi connectivity index (χ0) is 10.6. The summed E-state index contributed by atoms with van der Waals surface area (Å²) in [6.45, 7) is 8.93. The van der Waals surface area contributed by atoms with Crippen molar-refractivity contribution in [3.05, 3.63) is 0 Å². The second kappa shape index (κ2) is 4.61. The number of ether oxygens (including phenoxy) is 1. The van der Waals surface area contributed by atoms with E-state index >= 15 is 0 Å². The summed E-state index contributed by atoms with van der Waals surface area (Å²) in [7, 11) is 0. The second-order valence-electron chi connectivity index (χ2n) is 4.52. The Bertz CT molecular complexity index is 167. The molecule has 2 unspecified atom stereocenters.